The van der Waals surface area contributed by atoms with E-state index in [9.17, 15) is 0 Å². The van der Waals surface area contributed by atoms with Gasteiger partial charge in [0.05, 0.1) is 16.6 Å². The maximum absolute atomic E-state index is 5.77. The third-order valence-corrected chi connectivity index (χ3v) is 5.41. The molecule has 1 saturated heterocycles. The second-order valence-electron chi connectivity index (χ2n) is 5.89. The topological polar surface area (TPSA) is 16.1 Å². The Hall–Kier alpha value is -0.120. The zero-order valence-corrected chi connectivity index (χ0v) is 13.6. The number of aryl methyl sites for hydroxylation is 1. The van der Waals surface area contributed by atoms with Gasteiger partial charge >= 0.3 is 0 Å². The van der Waals surface area contributed by atoms with Crippen LogP contribution in [0.5, 0.6) is 0 Å². The van der Waals surface area contributed by atoms with Gasteiger partial charge < -0.3 is 4.90 Å². The zero-order valence-electron chi connectivity index (χ0n) is 12.1. The van der Waals surface area contributed by atoms with E-state index in [1.54, 1.807) is 11.3 Å². The average molecular weight is 301 g/mol. The van der Waals surface area contributed by atoms with Gasteiger partial charge in [-0.1, -0.05) is 13.8 Å². The Labute approximate surface area is 126 Å². The number of alkyl halides is 1. The van der Waals surface area contributed by atoms with E-state index in [0.29, 0.717) is 5.88 Å². The van der Waals surface area contributed by atoms with Gasteiger partial charge in [-0.05, 0) is 50.7 Å². The molecule has 4 heteroatoms. The van der Waals surface area contributed by atoms with Gasteiger partial charge in [-0.3, -0.25) is 0 Å². The highest BCUT2D eigenvalue weighted by Crippen LogP contribution is 2.24. The lowest BCUT2D eigenvalue weighted by Gasteiger charge is -2.33. The minimum absolute atomic E-state index is 0.541. The third kappa shape index (κ3) is 4.73. The number of thiazole rings is 1. The van der Waals surface area contributed by atoms with Crippen LogP contribution in [-0.2, 0) is 12.3 Å². The normalized spacial score (nSPS) is 18.3. The van der Waals surface area contributed by atoms with Crippen molar-refractivity contribution in [3.05, 3.63) is 16.1 Å². The Morgan fingerprint density at radius 3 is 2.74 bits per heavy atom. The summed E-state index contributed by atoms with van der Waals surface area (Å²) in [4.78, 5) is 7.13. The van der Waals surface area contributed by atoms with Crippen molar-refractivity contribution in [2.45, 2.75) is 45.4 Å². The van der Waals surface area contributed by atoms with E-state index in [4.69, 9.17) is 11.6 Å². The van der Waals surface area contributed by atoms with Crippen LogP contribution < -0.4 is 0 Å². The molecule has 108 valence electrons. The van der Waals surface area contributed by atoms with Crippen molar-refractivity contribution in [1.29, 1.82) is 0 Å². The summed E-state index contributed by atoms with van der Waals surface area (Å²) >= 11 is 7.52. The van der Waals surface area contributed by atoms with E-state index in [2.05, 4.69) is 29.1 Å². The zero-order chi connectivity index (χ0) is 13.7. The smallest absolute Gasteiger partial charge is 0.0929 e. The fraction of sp³-hybridized carbons (Fsp3) is 0.800. The number of hydrogen-bond donors (Lipinski definition) is 0. The second kappa shape index (κ2) is 7.61. The summed E-state index contributed by atoms with van der Waals surface area (Å²) in [5.41, 5.74) is 1.03. The summed E-state index contributed by atoms with van der Waals surface area (Å²) in [7, 11) is 0. The fourth-order valence-corrected chi connectivity index (χ4v) is 3.89. The molecule has 0 saturated carbocycles. The highest BCUT2D eigenvalue weighted by Gasteiger charge is 2.20. The molecule has 1 aliphatic rings. The first-order valence-electron chi connectivity index (χ1n) is 7.40. The van der Waals surface area contributed by atoms with E-state index < -0.39 is 0 Å². The molecular weight excluding hydrogens is 276 g/mol. The van der Waals surface area contributed by atoms with Gasteiger partial charge in [-0.25, -0.2) is 4.98 Å². The minimum atomic E-state index is 0.541. The highest BCUT2D eigenvalue weighted by molar-refractivity contribution is 7.09. The first kappa shape index (κ1) is 15.3. The molecular formula is C15H25ClN2S. The van der Waals surface area contributed by atoms with Gasteiger partial charge in [-0.2, -0.15) is 0 Å². The van der Waals surface area contributed by atoms with Gasteiger partial charge in [0.2, 0.25) is 0 Å². The predicted molar refractivity (Wildman–Crippen MR) is 84.0 cm³/mol. The van der Waals surface area contributed by atoms with Crippen molar-refractivity contribution in [2.75, 3.05) is 19.6 Å². The van der Waals surface area contributed by atoms with Gasteiger partial charge in [0.25, 0.3) is 0 Å². The summed E-state index contributed by atoms with van der Waals surface area (Å²) in [6.45, 7) is 8.51. The molecule has 2 heterocycles. The molecule has 0 atom stereocenters. The van der Waals surface area contributed by atoms with Crippen molar-refractivity contribution in [2.24, 2.45) is 11.8 Å². The molecule has 0 spiro atoms. The number of rotatable bonds is 6. The molecule has 1 aliphatic heterocycles. The van der Waals surface area contributed by atoms with E-state index in [-0.39, 0.29) is 0 Å². The molecule has 0 radical (unpaired) electrons. The maximum Gasteiger partial charge on any atom is 0.0929 e. The molecule has 1 fully saturated rings. The van der Waals surface area contributed by atoms with Gasteiger partial charge in [-0.15, -0.1) is 22.9 Å². The van der Waals surface area contributed by atoms with E-state index in [1.165, 1.54) is 43.9 Å². The van der Waals surface area contributed by atoms with Crippen molar-refractivity contribution >= 4 is 22.9 Å². The number of aromatic nitrogens is 1. The Morgan fingerprint density at radius 2 is 2.16 bits per heavy atom. The number of hydrogen-bond acceptors (Lipinski definition) is 3. The van der Waals surface area contributed by atoms with Crippen molar-refractivity contribution in [3.63, 3.8) is 0 Å². The SMILES string of the molecule is CC(C)C1CCN(CCCc2nc(CCl)cs2)CC1. The Kier molecular flexibility index (Phi) is 6.11. The third-order valence-electron chi connectivity index (χ3n) is 4.18. The summed E-state index contributed by atoms with van der Waals surface area (Å²) in [6, 6.07) is 0. The number of nitrogens with zero attached hydrogens (tertiary/aromatic N) is 2. The Balaban J connectivity index is 1.64. The van der Waals surface area contributed by atoms with Gasteiger partial charge in [0.15, 0.2) is 0 Å². The summed E-state index contributed by atoms with van der Waals surface area (Å²) in [5, 5.41) is 3.32. The molecule has 0 N–H and O–H groups in total. The Morgan fingerprint density at radius 1 is 1.42 bits per heavy atom. The standard InChI is InChI=1S/C15H25ClN2S/c1-12(2)13-5-8-18(9-6-13)7-3-4-15-17-14(10-16)11-19-15/h11-13H,3-10H2,1-2H3. The van der Waals surface area contributed by atoms with Crippen LogP contribution in [0.1, 0.15) is 43.8 Å². The van der Waals surface area contributed by atoms with E-state index in [0.717, 1.165) is 24.0 Å². The van der Waals surface area contributed by atoms with Crippen LogP contribution in [0.15, 0.2) is 5.38 Å². The largest absolute Gasteiger partial charge is 0.303 e. The quantitative estimate of drug-likeness (QED) is 0.733. The van der Waals surface area contributed by atoms with Crippen LogP contribution in [0.4, 0.5) is 0 Å². The van der Waals surface area contributed by atoms with Crippen LogP contribution in [0.3, 0.4) is 0 Å². The number of piperidine rings is 1. The molecule has 1 aromatic heterocycles. The maximum atomic E-state index is 5.77. The molecule has 0 unspecified atom stereocenters. The van der Waals surface area contributed by atoms with Crippen molar-refractivity contribution in [3.8, 4) is 0 Å². The van der Waals surface area contributed by atoms with Crippen LogP contribution in [0.2, 0.25) is 0 Å². The highest BCUT2D eigenvalue weighted by atomic mass is 35.5. The molecule has 0 amide bonds. The molecule has 0 aliphatic carbocycles. The van der Waals surface area contributed by atoms with Crippen LogP contribution in [-0.4, -0.2) is 29.5 Å². The molecule has 1 aromatic rings. The number of halogens is 1. The first-order chi connectivity index (χ1) is 9.19. The molecule has 2 nitrogen and oxygen atoms in total. The summed E-state index contributed by atoms with van der Waals surface area (Å²) < 4.78 is 0. The van der Waals surface area contributed by atoms with Gasteiger partial charge in [0, 0.05) is 11.8 Å². The molecule has 2 rings (SSSR count). The first-order valence-corrected chi connectivity index (χ1v) is 8.82. The van der Waals surface area contributed by atoms with E-state index >= 15 is 0 Å². The van der Waals surface area contributed by atoms with Crippen LogP contribution in [0, 0.1) is 11.8 Å². The summed E-state index contributed by atoms with van der Waals surface area (Å²) in [6.07, 6.45) is 5.09. The molecule has 19 heavy (non-hydrogen) atoms. The average Bonchev–Trinajstić information content (AvgIpc) is 2.87. The van der Waals surface area contributed by atoms with Crippen LogP contribution >= 0.6 is 22.9 Å². The predicted octanol–water partition coefficient (Wildman–Crippen LogP) is 4.18. The monoisotopic (exact) mass is 300 g/mol. The molecule has 0 aromatic carbocycles. The van der Waals surface area contributed by atoms with E-state index in [1.807, 2.05) is 0 Å². The summed E-state index contributed by atoms with van der Waals surface area (Å²) in [5.74, 6) is 2.34. The Bertz CT molecular complexity index is 370. The lowest BCUT2D eigenvalue weighted by molar-refractivity contribution is 0.157. The van der Waals surface area contributed by atoms with Crippen molar-refractivity contribution < 1.29 is 0 Å². The van der Waals surface area contributed by atoms with Gasteiger partial charge in [0.1, 0.15) is 0 Å². The van der Waals surface area contributed by atoms with Crippen LogP contribution in [0.25, 0.3) is 0 Å². The minimum Gasteiger partial charge on any atom is -0.303 e. The second-order valence-corrected chi connectivity index (χ2v) is 7.10. The molecule has 0 bridgehead atoms. The lowest BCUT2D eigenvalue weighted by Crippen LogP contribution is -2.35. The fourth-order valence-electron chi connectivity index (χ4n) is 2.82. The lowest BCUT2D eigenvalue weighted by atomic mass is 9.87. The van der Waals surface area contributed by atoms with Crippen molar-refractivity contribution in [1.82, 2.24) is 9.88 Å². The number of likely N-dealkylation sites (tertiary alicyclic amines) is 1.